The molecular weight excluding hydrogens is 425 g/mol. The van der Waals surface area contributed by atoms with Gasteiger partial charge in [-0.2, -0.15) is 18.2 Å². The molecule has 166 valence electrons. The summed E-state index contributed by atoms with van der Waals surface area (Å²) < 4.78 is 46.7. The number of amides is 1. The lowest BCUT2D eigenvalue weighted by Crippen LogP contribution is -2.35. The average Bonchev–Trinajstić information content (AvgIpc) is 3.38. The Morgan fingerprint density at radius 2 is 1.94 bits per heavy atom. The summed E-state index contributed by atoms with van der Waals surface area (Å²) in [7, 11) is 0. The molecule has 0 saturated heterocycles. The van der Waals surface area contributed by atoms with Crippen molar-refractivity contribution >= 4 is 16.9 Å². The van der Waals surface area contributed by atoms with E-state index in [9.17, 15) is 18.0 Å². The number of hydrogen-bond acceptors (Lipinski definition) is 6. The molecule has 0 aliphatic carbocycles. The Hall–Kier alpha value is -3.76. The molecule has 0 aliphatic rings. The van der Waals surface area contributed by atoms with Gasteiger partial charge in [-0.05, 0) is 30.2 Å². The molecule has 1 aromatic carbocycles. The van der Waals surface area contributed by atoms with Crippen molar-refractivity contribution in [2.45, 2.75) is 32.6 Å². The maximum absolute atomic E-state index is 13.5. The van der Waals surface area contributed by atoms with Crippen LogP contribution in [0.2, 0.25) is 0 Å². The van der Waals surface area contributed by atoms with Crippen LogP contribution in [-0.4, -0.2) is 30.6 Å². The van der Waals surface area contributed by atoms with Gasteiger partial charge in [-0.25, -0.2) is 4.98 Å². The summed E-state index contributed by atoms with van der Waals surface area (Å²) >= 11 is 0. The minimum atomic E-state index is -4.71. The Labute approximate surface area is 180 Å². The number of carbonyl (C=O) groups is 1. The number of fused-ring (bicyclic) bond motifs is 1. The third kappa shape index (κ3) is 4.32. The van der Waals surface area contributed by atoms with Gasteiger partial charge >= 0.3 is 6.18 Å². The van der Waals surface area contributed by atoms with Gasteiger partial charge in [0.15, 0.2) is 0 Å². The van der Waals surface area contributed by atoms with Crippen molar-refractivity contribution in [3.05, 3.63) is 60.5 Å². The summed E-state index contributed by atoms with van der Waals surface area (Å²) in [5, 5.41) is 6.63. The molecule has 1 N–H and O–H groups in total. The topological polar surface area (TPSA) is 98.7 Å². The van der Waals surface area contributed by atoms with Crippen molar-refractivity contribution in [3.8, 4) is 11.4 Å². The molecule has 1 unspecified atom stereocenters. The fraction of sp³-hybridized carbons (Fsp3) is 0.286. The van der Waals surface area contributed by atoms with E-state index in [0.717, 1.165) is 4.57 Å². The Kier molecular flexibility index (Phi) is 5.64. The lowest BCUT2D eigenvalue weighted by Gasteiger charge is -2.19. The summed E-state index contributed by atoms with van der Waals surface area (Å²) in [6.45, 7) is 3.08. The van der Waals surface area contributed by atoms with Crippen molar-refractivity contribution < 1.29 is 22.5 Å². The summed E-state index contributed by atoms with van der Waals surface area (Å²) in [5.41, 5.74) is 1.01. The maximum Gasteiger partial charge on any atom is 0.449 e. The molecule has 3 aromatic heterocycles. The second-order valence-corrected chi connectivity index (χ2v) is 7.50. The second-order valence-electron chi connectivity index (χ2n) is 7.50. The van der Waals surface area contributed by atoms with Gasteiger partial charge in [-0.15, -0.1) is 0 Å². The van der Waals surface area contributed by atoms with Crippen LogP contribution < -0.4 is 5.32 Å². The van der Waals surface area contributed by atoms with Crippen LogP contribution in [0.4, 0.5) is 13.2 Å². The highest BCUT2D eigenvalue weighted by atomic mass is 19.4. The molecule has 3 heterocycles. The van der Waals surface area contributed by atoms with Crippen LogP contribution in [0.5, 0.6) is 0 Å². The van der Waals surface area contributed by atoms with Crippen LogP contribution in [0.15, 0.2) is 53.3 Å². The minimum absolute atomic E-state index is 0.152. The second kappa shape index (κ2) is 8.40. The minimum Gasteiger partial charge on any atom is -0.342 e. The zero-order valence-corrected chi connectivity index (χ0v) is 17.2. The van der Waals surface area contributed by atoms with Gasteiger partial charge in [0.1, 0.15) is 12.6 Å². The molecule has 4 aromatic rings. The van der Waals surface area contributed by atoms with E-state index in [2.05, 4.69) is 25.4 Å². The Morgan fingerprint density at radius 1 is 1.16 bits per heavy atom. The fourth-order valence-corrected chi connectivity index (χ4v) is 3.30. The molecule has 0 spiro atoms. The molecule has 11 heteroatoms. The standard InChI is InChI=1S/C21H19F3N6O2/c1-12(2)17(19-28-18(29-32-19)13-6-5-9-25-10-13)27-16(31)11-30-15-8-4-3-7-14(15)26-20(30)21(22,23)24/h3-10,12,17H,11H2,1-2H3,(H,27,31). The average molecular weight is 444 g/mol. The van der Waals surface area contributed by atoms with Crippen molar-refractivity contribution in [1.29, 1.82) is 0 Å². The number of aromatic nitrogens is 5. The van der Waals surface area contributed by atoms with Gasteiger partial charge in [0.2, 0.25) is 23.4 Å². The van der Waals surface area contributed by atoms with Crippen LogP contribution in [-0.2, 0) is 17.5 Å². The fourth-order valence-electron chi connectivity index (χ4n) is 3.30. The van der Waals surface area contributed by atoms with E-state index in [0.29, 0.717) is 11.4 Å². The zero-order chi connectivity index (χ0) is 22.9. The summed E-state index contributed by atoms with van der Waals surface area (Å²) in [5.74, 6) is -1.49. The molecule has 1 atom stereocenters. The predicted molar refractivity (Wildman–Crippen MR) is 108 cm³/mol. The Balaban J connectivity index is 1.59. The van der Waals surface area contributed by atoms with Gasteiger partial charge in [-0.1, -0.05) is 31.1 Å². The van der Waals surface area contributed by atoms with E-state index < -0.39 is 30.5 Å². The molecule has 1 amide bonds. The molecule has 0 bridgehead atoms. The number of halogens is 3. The highest BCUT2D eigenvalue weighted by Gasteiger charge is 2.38. The van der Waals surface area contributed by atoms with Crippen molar-refractivity contribution in [3.63, 3.8) is 0 Å². The van der Waals surface area contributed by atoms with Crippen LogP contribution in [0.1, 0.15) is 31.6 Å². The molecular formula is C21H19F3N6O2. The number of nitrogens with one attached hydrogen (secondary N) is 1. The number of para-hydroxylation sites is 2. The van der Waals surface area contributed by atoms with Gasteiger partial charge in [0.25, 0.3) is 0 Å². The van der Waals surface area contributed by atoms with Gasteiger partial charge < -0.3 is 14.4 Å². The highest BCUT2D eigenvalue weighted by molar-refractivity contribution is 5.81. The maximum atomic E-state index is 13.5. The van der Waals surface area contributed by atoms with E-state index in [1.165, 1.54) is 12.1 Å². The number of hydrogen-bond donors (Lipinski definition) is 1. The van der Waals surface area contributed by atoms with E-state index in [-0.39, 0.29) is 22.8 Å². The van der Waals surface area contributed by atoms with E-state index >= 15 is 0 Å². The monoisotopic (exact) mass is 444 g/mol. The largest absolute Gasteiger partial charge is 0.449 e. The van der Waals surface area contributed by atoms with E-state index in [1.807, 2.05) is 13.8 Å². The molecule has 32 heavy (non-hydrogen) atoms. The number of alkyl halides is 3. The van der Waals surface area contributed by atoms with Gasteiger partial charge in [0.05, 0.1) is 11.0 Å². The number of nitrogens with zero attached hydrogens (tertiary/aromatic N) is 5. The number of carbonyl (C=O) groups excluding carboxylic acids is 1. The third-order valence-electron chi connectivity index (χ3n) is 4.82. The van der Waals surface area contributed by atoms with Gasteiger partial charge in [-0.3, -0.25) is 9.78 Å². The zero-order valence-electron chi connectivity index (χ0n) is 17.2. The SMILES string of the molecule is CC(C)C(NC(=O)Cn1c(C(F)(F)F)nc2ccccc21)c1nc(-c2cccnc2)no1. The lowest BCUT2D eigenvalue weighted by atomic mass is 10.0. The highest BCUT2D eigenvalue weighted by Crippen LogP contribution is 2.31. The quantitative estimate of drug-likeness (QED) is 0.482. The van der Waals surface area contributed by atoms with Crippen LogP contribution >= 0.6 is 0 Å². The van der Waals surface area contributed by atoms with Crippen molar-refractivity contribution in [2.24, 2.45) is 5.92 Å². The third-order valence-corrected chi connectivity index (χ3v) is 4.82. The first-order valence-corrected chi connectivity index (χ1v) is 9.80. The number of pyridine rings is 1. The first-order chi connectivity index (χ1) is 15.2. The first-order valence-electron chi connectivity index (χ1n) is 9.80. The van der Waals surface area contributed by atoms with E-state index in [4.69, 9.17) is 4.52 Å². The number of benzene rings is 1. The normalized spacial score (nSPS) is 12.9. The summed E-state index contributed by atoms with van der Waals surface area (Å²) in [6.07, 6.45) is -1.53. The molecule has 8 nitrogen and oxygen atoms in total. The summed E-state index contributed by atoms with van der Waals surface area (Å²) in [4.78, 5) is 24.8. The predicted octanol–water partition coefficient (Wildman–Crippen LogP) is 4.01. The molecule has 0 radical (unpaired) electrons. The van der Waals surface area contributed by atoms with Crippen molar-refractivity contribution in [2.75, 3.05) is 0 Å². The molecule has 0 saturated carbocycles. The lowest BCUT2D eigenvalue weighted by molar-refractivity contribution is -0.147. The van der Waals surface area contributed by atoms with Crippen LogP contribution in [0, 0.1) is 5.92 Å². The first kappa shape index (κ1) is 21.5. The Morgan fingerprint density at radius 3 is 2.62 bits per heavy atom. The number of rotatable bonds is 6. The van der Waals surface area contributed by atoms with Crippen molar-refractivity contribution in [1.82, 2.24) is 30.0 Å². The Bertz CT molecular complexity index is 1230. The molecule has 4 rings (SSSR count). The molecule has 0 fully saturated rings. The summed E-state index contributed by atoms with van der Waals surface area (Å²) in [6, 6.07) is 8.92. The van der Waals surface area contributed by atoms with E-state index in [1.54, 1.807) is 36.7 Å². The van der Waals surface area contributed by atoms with Gasteiger partial charge in [0, 0.05) is 18.0 Å². The van der Waals surface area contributed by atoms with Crippen LogP contribution in [0.25, 0.3) is 22.4 Å². The molecule has 0 aliphatic heterocycles. The smallest absolute Gasteiger partial charge is 0.342 e. The van der Waals surface area contributed by atoms with Crippen LogP contribution in [0.3, 0.4) is 0 Å². The number of imidazole rings is 1.